The van der Waals surface area contributed by atoms with Crippen molar-refractivity contribution in [3.8, 4) is 17.8 Å². The van der Waals surface area contributed by atoms with Crippen molar-refractivity contribution < 1.29 is 14.6 Å². The first-order valence-corrected chi connectivity index (χ1v) is 20.4. The molecule has 15 heteroatoms. The molecular formula is C43H49ClN10O4. The second-order valence-electron chi connectivity index (χ2n) is 14.5. The first-order chi connectivity index (χ1) is 28.3. The Balaban J connectivity index is 0.883. The van der Waals surface area contributed by atoms with E-state index >= 15 is 0 Å². The monoisotopic (exact) mass is 804 g/mol. The lowest BCUT2D eigenvalue weighted by Crippen LogP contribution is -2.40. The molecule has 14 nitrogen and oxygen atoms in total. The van der Waals surface area contributed by atoms with E-state index in [0.29, 0.717) is 53.3 Å². The number of nitriles is 1. The second-order valence-corrected chi connectivity index (χ2v) is 15.0. The molecule has 7 rings (SSSR count). The summed E-state index contributed by atoms with van der Waals surface area (Å²) in [5, 5.41) is 32.1. The number of aliphatic hydroxyl groups excluding tert-OH is 1. The van der Waals surface area contributed by atoms with Gasteiger partial charge in [0.05, 0.1) is 31.1 Å². The fourth-order valence-electron chi connectivity index (χ4n) is 7.34. The maximum Gasteiger partial charge on any atom is 0.253 e. The van der Waals surface area contributed by atoms with Gasteiger partial charge in [0.25, 0.3) is 5.56 Å². The molecule has 1 saturated heterocycles. The highest BCUT2D eigenvalue weighted by atomic mass is 35.5. The van der Waals surface area contributed by atoms with E-state index in [0.717, 1.165) is 91.7 Å². The first-order valence-electron chi connectivity index (χ1n) is 20.0. The van der Waals surface area contributed by atoms with E-state index < -0.39 is 0 Å². The lowest BCUT2D eigenvalue weighted by Gasteiger charge is -2.36. The molecule has 0 radical (unpaired) electrons. The number of piperidine rings is 1. The summed E-state index contributed by atoms with van der Waals surface area (Å²) in [6.45, 7) is 6.53. The van der Waals surface area contributed by atoms with Gasteiger partial charge in [-0.2, -0.15) is 14.9 Å². The fourth-order valence-corrected chi connectivity index (χ4v) is 7.52. The number of H-pyrrole nitrogens is 1. The molecule has 1 aliphatic rings. The summed E-state index contributed by atoms with van der Waals surface area (Å²) < 4.78 is 13.8. The quantitative estimate of drug-likeness (QED) is 0.0627. The van der Waals surface area contributed by atoms with Gasteiger partial charge in [0, 0.05) is 71.1 Å². The van der Waals surface area contributed by atoms with E-state index in [9.17, 15) is 15.2 Å². The molecule has 1 aliphatic heterocycles. The molecule has 0 spiro atoms. The van der Waals surface area contributed by atoms with E-state index in [1.54, 1.807) is 24.3 Å². The third-order valence-electron chi connectivity index (χ3n) is 10.5. The van der Waals surface area contributed by atoms with Gasteiger partial charge in [-0.3, -0.25) is 4.79 Å². The van der Waals surface area contributed by atoms with Gasteiger partial charge in [-0.1, -0.05) is 24.6 Å². The van der Waals surface area contributed by atoms with Crippen LogP contribution in [0.1, 0.15) is 87.2 Å². The van der Waals surface area contributed by atoms with Crippen LogP contribution in [-0.2, 0) is 13.0 Å². The van der Waals surface area contributed by atoms with Gasteiger partial charge in [0.1, 0.15) is 23.4 Å². The summed E-state index contributed by atoms with van der Waals surface area (Å²) in [5.74, 6) is 2.64. The Kier molecular flexibility index (Phi) is 13.2. The number of hydrogen-bond acceptors (Lipinski definition) is 12. The fraction of sp³-hybridized carbons (Fsp3) is 0.395. The highest BCUT2D eigenvalue weighted by Gasteiger charge is 2.25. The Morgan fingerprint density at radius 1 is 1.05 bits per heavy atom. The molecule has 58 heavy (non-hydrogen) atoms. The number of unbranched alkanes of at least 4 members (excludes halogenated alkanes) is 2. The molecule has 0 amide bonds. The molecule has 302 valence electrons. The number of aryl methyl sites for hydroxylation is 1. The summed E-state index contributed by atoms with van der Waals surface area (Å²) in [7, 11) is 0. The van der Waals surface area contributed by atoms with E-state index in [1.807, 2.05) is 48.1 Å². The number of fused-ring (bicyclic) bond motifs is 2. The average molecular weight is 805 g/mol. The number of nitrogens with zero attached hydrogens (tertiary/aromatic N) is 7. The molecular weight excluding hydrogens is 756 g/mol. The summed E-state index contributed by atoms with van der Waals surface area (Å²) in [6.07, 6.45) is 11.0. The Hall–Kier alpha value is -5.91. The van der Waals surface area contributed by atoms with Crippen molar-refractivity contribution in [2.24, 2.45) is 0 Å². The summed E-state index contributed by atoms with van der Waals surface area (Å²) in [5.41, 5.74) is 4.80. The standard InChI is InChI=1S/C43H49ClN10O4/c1-3-30-27-48-54-38(23-39(52-41(30)54)53-17-6-5-9-34(53)16-18-55)46-25-29-10-15-40(47-26-29)57-19-7-4-8-20-58-43-37(14-12-33(24-45)50-43)49-28(2)35-22-31-21-32(44)11-13-36(31)51-42(35)56/h10-15,21-23,26-28,34,46,49,55H,3-9,16-20,25H2,1-2H3,(H,51,56)/t28-,34-/m0/s1. The molecule has 1 fully saturated rings. The summed E-state index contributed by atoms with van der Waals surface area (Å²) in [4.78, 5) is 32.1. The minimum absolute atomic E-state index is 0.165. The van der Waals surface area contributed by atoms with Crippen molar-refractivity contribution in [2.75, 3.05) is 41.9 Å². The van der Waals surface area contributed by atoms with Crippen LogP contribution in [0.3, 0.4) is 0 Å². The molecule has 5 aromatic heterocycles. The Bertz CT molecular complexity index is 2430. The maximum atomic E-state index is 12.9. The van der Waals surface area contributed by atoms with Gasteiger partial charge < -0.3 is 35.1 Å². The van der Waals surface area contributed by atoms with Crippen molar-refractivity contribution >= 4 is 45.5 Å². The zero-order chi connectivity index (χ0) is 40.4. The molecule has 2 atom stereocenters. The molecule has 6 aromatic rings. The Morgan fingerprint density at radius 3 is 2.71 bits per heavy atom. The predicted molar refractivity (Wildman–Crippen MR) is 226 cm³/mol. The number of benzene rings is 1. The van der Waals surface area contributed by atoms with E-state index in [-0.39, 0.29) is 29.9 Å². The van der Waals surface area contributed by atoms with Crippen LogP contribution in [-0.4, -0.2) is 67.1 Å². The SMILES string of the molecule is CCc1cnn2c(NCc3ccc(OCCCCCOc4nc(C#N)ccc4N[C@@H](C)c4cc5cc(Cl)ccc5[nH]c4=O)nc3)cc(N3CCCC[C@H]3CCO)nc12. The van der Waals surface area contributed by atoms with Crippen molar-refractivity contribution in [1.29, 1.82) is 5.26 Å². The smallest absolute Gasteiger partial charge is 0.253 e. The van der Waals surface area contributed by atoms with Crippen LogP contribution in [0.25, 0.3) is 16.6 Å². The number of aromatic amines is 1. The first kappa shape index (κ1) is 40.3. The summed E-state index contributed by atoms with van der Waals surface area (Å²) >= 11 is 6.18. The van der Waals surface area contributed by atoms with E-state index in [4.69, 9.17) is 26.1 Å². The van der Waals surface area contributed by atoms with Crippen LogP contribution in [0.15, 0.2) is 71.8 Å². The van der Waals surface area contributed by atoms with Crippen LogP contribution in [0.4, 0.5) is 17.3 Å². The number of ether oxygens (including phenoxy) is 2. The molecule has 1 aromatic carbocycles. The number of halogens is 1. The second kappa shape index (κ2) is 19.0. The molecule has 0 saturated carbocycles. The minimum Gasteiger partial charge on any atom is -0.478 e. The number of nitrogens with one attached hydrogen (secondary N) is 3. The minimum atomic E-state index is -0.381. The maximum absolute atomic E-state index is 12.9. The third-order valence-corrected chi connectivity index (χ3v) is 10.7. The molecule has 6 heterocycles. The number of rotatable bonds is 18. The van der Waals surface area contributed by atoms with Gasteiger partial charge in [0.2, 0.25) is 11.8 Å². The summed E-state index contributed by atoms with van der Waals surface area (Å²) in [6, 6.07) is 18.4. The highest BCUT2D eigenvalue weighted by molar-refractivity contribution is 6.31. The number of aliphatic hydroxyl groups is 1. The van der Waals surface area contributed by atoms with Gasteiger partial charge in [-0.05, 0) is 100 Å². The van der Waals surface area contributed by atoms with Crippen LogP contribution in [0.5, 0.6) is 11.8 Å². The molecule has 0 unspecified atom stereocenters. The van der Waals surface area contributed by atoms with Gasteiger partial charge in [0.15, 0.2) is 5.65 Å². The predicted octanol–water partition coefficient (Wildman–Crippen LogP) is 7.60. The van der Waals surface area contributed by atoms with Crippen LogP contribution in [0, 0.1) is 11.3 Å². The zero-order valence-corrected chi connectivity index (χ0v) is 33.6. The topological polar surface area (TPSA) is 179 Å². The van der Waals surface area contributed by atoms with Crippen molar-refractivity contribution in [2.45, 2.75) is 83.8 Å². The van der Waals surface area contributed by atoms with Crippen LogP contribution < -0.4 is 30.6 Å². The molecule has 0 bridgehead atoms. The Labute approximate surface area is 342 Å². The average Bonchev–Trinajstić information content (AvgIpc) is 3.67. The van der Waals surface area contributed by atoms with Gasteiger partial charge >= 0.3 is 0 Å². The number of pyridine rings is 3. The van der Waals surface area contributed by atoms with Gasteiger partial charge in [-0.25, -0.2) is 15.0 Å². The Morgan fingerprint density at radius 2 is 1.91 bits per heavy atom. The van der Waals surface area contributed by atoms with Crippen molar-refractivity contribution in [3.05, 3.63) is 105 Å². The van der Waals surface area contributed by atoms with Crippen LogP contribution >= 0.6 is 11.6 Å². The van der Waals surface area contributed by atoms with Crippen molar-refractivity contribution in [1.82, 2.24) is 29.5 Å². The molecule has 4 N–H and O–H groups in total. The van der Waals surface area contributed by atoms with E-state index in [1.165, 1.54) is 0 Å². The normalized spacial score (nSPS) is 14.7. The number of anilines is 3. The van der Waals surface area contributed by atoms with Crippen LogP contribution in [0.2, 0.25) is 5.02 Å². The largest absolute Gasteiger partial charge is 0.478 e. The number of aromatic nitrogens is 6. The third kappa shape index (κ3) is 9.61. The van der Waals surface area contributed by atoms with E-state index in [2.05, 4.69) is 54.6 Å². The van der Waals surface area contributed by atoms with Gasteiger partial charge in [-0.15, -0.1) is 0 Å². The van der Waals surface area contributed by atoms with Crippen molar-refractivity contribution in [3.63, 3.8) is 0 Å². The lowest BCUT2D eigenvalue weighted by atomic mass is 9.99. The highest BCUT2D eigenvalue weighted by Crippen LogP contribution is 2.30. The lowest BCUT2D eigenvalue weighted by molar-refractivity contribution is 0.262. The zero-order valence-electron chi connectivity index (χ0n) is 32.9. The number of hydrogen-bond donors (Lipinski definition) is 4. The molecule has 0 aliphatic carbocycles.